The molecular weight excluding hydrogens is 362 g/mol. The number of fused-ring (bicyclic) bond motifs is 1. The van der Waals surface area contributed by atoms with E-state index in [1.54, 1.807) is 0 Å². The van der Waals surface area contributed by atoms with Crippen molar-refractivity contribution in [2.45, 2.75) is 53.0 Å². The Morgan fingerprint density at radius 1 is 1.17 bits per heavy atom. The van der Waals surface area contributed by atoms with E-state index in [4.69, 9.17) is 9.72 Å². The molecule has 3 rings (SSSR count). The van der Waals surface area contributed by atoms with Crippen molar-refractivity contribution in [3.05, 3.63) is 59.4 Å². The molecule has 5 nitrogen and oxygen atoms in total. The molecule has 0 saturated carbocycles. The minimum Gasteiger partial charge on any atom is -0.491 e. The summed E-state index contributed by atoms with van der Waals surface area (Å²) in [5.74, 6) is 2.10. The maximum Gasteiger partial charge on any atom is 0.219 e. The smallest absolute Gasteiger partial charge is 0.219 e. The average molecular weight is 394 g/mol. The highest BCUT2D eigenvalue weighted by Gasteiger charge is 2.11. The van der Waals surface area contributed by atoms with Crippen molar-refractivity contribution in [1.82, 2.24) is 14.9 Å². The highest BCUT2D eigenvalue weighted by atomic mass is 16.5. The van der Waals surface area contributed by atoms with E-state index in [1.165, 1.54) is 5.56 Å². The Balaban J connectivity index is 1.64. The van der Waals surface area contributed by atoms with Crippen molar-refractivity contribution >= 4 is 16.9 Å². The van der Waals surface area contributed by atoms with Crippen molar-refractivity contribution in [2.75, 3.05) is 13.2 Å². The van der Waals surface area contributed by atoms with Gasteiger partial charge in [0, 0.05) is 19.4 Å². The summed E-state index contributed by atoms with van der Waals surface area (Å²) in [6.07, 6.45) is 3.16. The zero-order valence-electron chi connectivity index (χ0n) is 17.7. The summed E-state index contributed by atoms with van der Waals surface area (Å²) in [5, 5.41) is 2.98. The topological polar surface area (TPSA) is 56.2 Å². The molecule has 29 heavy (non-hydrogen) atoms. The number of aromatic nitrogens is 2. The Morgan fingerprint density at radius 2 is 2.00 bits per heavy atom. The molecule has 1 heterocycles. The van der Waals surface area contributed by atoms with Crippen LogP contribution in [0.15, 0.2) is 42.5 Å². The Bertz CT molecular complexity index is 962. The molecule has 0 unspecified atom stereocenters. The molecule has 0 spiro atoms. The summed E-state index contributed by atoms with van der Waals surface area (Å²) >= 11 is 0. The van der Waals surface area contributed by atoms with Gasteiger partial charge in [0.2, 0.25) is 5.91 Å². The molecule has 1 N–H and O–H groups in total. The fourth-order valence-corrected chi connectivity index (χ4v) is 3.56. The van der Waals surface area contributed by atoms with Crippen LogP contribution in [0.3, 0.4) is 0 Å². The number of hydrogen-bond acceptors (Lipinski definition) is 3. The van der Waals surface area contributed by atoms with Crippen molar-refractivity contribution in [3.8, 4) is 5.75 Å². The van der Waals surface area contributed by atoms with E-state index in [9.17, 15) is 4.79 Å². The molecule has 0 radical (unpaired) electrons. The number of carbonyl (C=O) groups is 1. The number of hydrogen-bond donors (Lipinski definition) is 1. The quantitative estimate of drug-likeness (QED) is 0.513. The van der Waals surface area contributed by atoms with E-state index in [-0.39, 0.29) is 5.91 Å². The number of imidazole rings is 1. The van der Waals surface area contributed by atoms with Gasteiger partial charge in [-0.3, -0.25) is 4.79 Å². The largest absolute Gasteiger partial charge is 0.491 e. The summed E-state index contributed by atoms with van der Waals surface area (Å²) in [4.78, 5) is 16.5. The molecule has 0 bridgehead atoms. The molecule has 1 amide bonds. The number of nitrogens with zero attached hydrogens (tertiary/aromatic N) is 2. The average Bonchev–Trinajstić information content (AvgIpc) is 3.05. The number of benzene rings is 2. The van der Waals surface area contributed by atoms with E-state index in [0.717, 1.165) is 54.0 Å². The maximum absolute atomic E-state index is 11.6. The third-order valence-corrected chi connectivity index (χ3v) is 5.01. The van der Waals surface area contributed by atoms with Crippen molar-refractivity contribution in [2.24, 2.45) is 0 Å². The van der Waals surface area contributed by atoms with E-state index in [1.807, 2.05) is 31.2 Å². The Labute approximate surface area is 173 Å². The van der Waals surface area contributed by atoms with Gasteiger partial charge >= 0.3 is 0 Å². The lowest BCUT2D eigenvalue weighted by atomic mass is 10.1. The van der Waals surface area contributed by atoms with Crippen molar-refractivity contribution in [1.29, 1.82) is 0 Å². The maximum atomic E-state index is 11.6. The van der Waals surface area contributed by atoms with Gasteiger partial charge in [-0.1, -0.05) is 36.8 Å². The van der Waals surface area contributed by atoms with Crippen LogP contribution in [0.2, 0.25) is 0 Å². The molecule has 3 aromatic rings. The SMILES string of the molecule is CCCC(=O)NCCCc1nc2ccccc2n1CCOc1ccc(C)cc1C. The molecule has 2 aromatic carbocycles. The first kappa shape index (κ1) is 20.9. The van der Waals surface area contributed by atoms with Gasteiger partial charge in [0.05, 0.1) is 17.6 Å². The van der Waals surface area contributed by atoms with Crippen LogP contribution in [0.5, 0.6) is 5.75 Å². The monoisotopic (exact) mass is 393 g/mol. The Morgan fingerprint density at radius 3 is 2.79 bits per heavy atom. The third kappa shape index (κ3) is 5.59. The van der Waals surface area contributed by atoms with Crippen LogP contribution in [0.1, 0.15) is 43.1 Å². The molecule has 0 aliphatic heterocycles. The van der Waals surface area contributed by atoms with E-state index in [0.29, 0.717) is 19.6 Å². The van der Waals surface area contributed by atoms with Gasteiger partial charge in [-0.05, 0) is 50.5 Å². The number of para-hydroxylation sites is 2. The summed E-state index contributed by atoms with van der Waals surface area (Å²) in [7, 11) is 0. The fraction of sp³-hybridized carbons (Fsp3) is 0.417. The molecule has 5 heteroatoms. The standard InChI is InChI=1S/C24H31N3O2/c1-4-8-24(28)25-14-7-11-23-26-20-9-5-6-10-21(20)27(23)15-16-29-22-13-12-18(2)17-19(22)3/h5-6,9-10,12-13,17H,4,7-8,11,14-16H2,1-3H3,(H,25,28). The summed E-state index contributed by atoms with van der Waals surface area (Å²) < 4.78 is 8.29. The lowest BCUT2D eigenvalue weighted by molar-refractivity contribution is -0.121. The van der Waals surface area contributed by atoms with Gasteiger partial charge in [0.25, 0.3) is 0 Å². The van der Waals surface area contributed by atoms with Gasteiger partial charge in [0.15, 0.2) is 0 Å². The van der Waals surface area contributed by atoms with Gasteiger partial charge in [0.1, 0.15) is 18.2 Å². The number of aryl methyl sites for hydroxylation is 3. The third-order valence-electron chi connectivity index (χ3n) is 5.01. The molecule has 0 atom stereocenters. The van der Waals surface area contributed by atoms with E-state index in [2.05, 4.69) is 41.9 Å². The number of amides is 1. The summed E-state index contributed by atoms with van der Waals surface area (Å²) in [6.45, 7) is 8.19. The molecular formula is C24H31N3O2. The predicted molar refractivity (Wildman–Crippen MR) is 117 cm³/mol. The fourth-order valence-electron chi connectivity index (χ4n) is 3.56. The molecule has 0 saturated heterocycles. The van der Waals surface area contributed by atoms with Crippen molar-refractivity contribution in [3.63, 3.8) is 0 Å². The van der Waals surface area contributed by atoms with E-state index >= 15 is 0 Å². The lowest BCUT2D eigenvalue weighted by Crippen LogP contribution is -2.24. The van der Waals surface area contributed by atoms with Crippen LogP contribution in [0, 0.1) is 13.8 Å². The molecule has 1 aromatic heterocycles. The van der Waals surface area contributed by atoms with E-state index < -0.39 is 0 Å². The van der Waals surface area contributed by atoms with Crippen LogP contribution in [0.25, 0.3) is 11.0 Å². The highest BCUT2D eigenvalue weighted by molar-refractivity contribution is 5.76. The zero-order chi connectivity index (χ0) is 20.6. The number of rotatable bonds is 10. The van der Waals surface area contributed by atoms with Gasteiger partial charge in [-0.25, -0.2) is 4.98 Å². The number of carbonyl (C=O) groups excluding carboxylic acids is 1. The number of ether oxygens (including phenoxy) is 1. The minimum atomic E-state index is 0.128. The van der Waals surface area contributed by atoms with Crippen molar-refractivity contribution < 1.29 is 9.53 Å². The normalized spacial score (nSPS) is 11.0. The molecule has 0 aliphatic carbocycles. The lowest BCUT2D eigenvalue weighted by Gasteiger charge is -2.13. The first-order valence-electron chi connectivity index (χ1n) is 10.5. The second kappa shape index (κ2) is 10.1. The molecule has 0 fully saturated rings. The van der Waals surface area contributed by atoms with Crippen LogP contribution in [-0.2, 0) is 17.8 Å². The molecule has 154 valence electrons. The van der Waals surface area contributed by atoms with Crippen LogP contribution in [0.4, 0.5) is 0 Å². The first-order chi connectivity index (χ1) is 14.1. The second-order valence-corrected chi connectivity index (χ2v) is 7.49. The summed E-state index contributed by atoms with van der Waals surface area (Å²) in [6, 6.07) is 14.5. The predicted octanol–water partition coefficient (Wildman–Crippen LogP) is 4.58. The first-order valence-corrected chi connectivity index (χ1v) is 10.5. The Hall–Kier alpha value is -2.82. The Kier molecular flexibility index (Phi) is 7.28. The highest BCUT2D eigenvalue weighted by Crippen LogP contribution is 2.20. The summed E-state index contributed by atoms with van der Waals surface area (Å²) in [5.41, 5.74) is 4.53. The molecule has 0 aliphatic rings. The van der Waals surface area contributed by atoms with Crippen LogP contribution >= 0.6 is 0 Å². The van der Waals surface area contributed by atoms with Gasteiger partial charge in [-0.15, -0.1) is 0 Å². The minimum absolute atomic E-state index is 0.128. The zero-order valence-corrected chi connectivity index (χ0v) is 17.7. The number of nitrogens with one attached hydrogen (secondary N) is 1. The van der Waals surface area contributed by atoms with Crippen LogP contribution < -0.4 is 10.1 Å². The van der Waals surface area contributed by atoms with Crippen LogP contribution in [-0.4, -0.2) is 28.6 Å². The second-order valence-electron chi connectivity index (χ2n) is 7.49. The van der Waals surface area contributed by atoms with Gasteiger partial charge < -0.3 is 14.6 Å². The van der Waals surface area contributed by atoms with Gasteiger partial charge in [-0.2, -0.15) is 0 Å².